The molecule has 2 aliphatic rings. The molecule has 0 aromatic heterocycles. The molecule has 0 aromatic rings. The van der Waals surface area contributed by atoms with Gasteiger partial charge in [-0.25, -0.2) is 9.69 Å². The van der Waals surface area contributed by atoms with Crippen molar-refractivity contribution < 1.29 is 38.8 Å². The fourth-order valence-corrected chi connectivity index (χ4v) is 4.05. The van der Waals surface area contributed by atoms with Gasteiger partial charge in [-0.05, 0) is 40.8 Å². The number of aliphatic hydroxyl groups excluding tert-OH is 1. The molecule has 1 saturated heterocycles. The third kappa shape index (κ3) is 5.47. The Morgan fingerprint density at radius 3 is 2.60 bits per heavy atom. The smallest absolute Gasteiger partial charge is 0.417 e. The molecular formula is C20H30BrNO8. The number of rotatable bonds is 10. The van der Waals surface area contributed by atoms with Gasteiger partial charge in [0.25, 0.3) is 5.91 Å². The van der Waals surface area contributed by atoms with E-state index in [2.05, 4.69) is 15.9 Å². The van der Waals surface area contributed by atoms with Crippen LogP contribution in [0.2, 0.25) is 0 Å². The van der Waals surface area contributed by atoms with Crippen LogP contribution in [-0.2, 0) is 23.8 Å². The van der Waals surface area contributed by atoms with Crippen LogP contribution in [-0.4, -0.2) is 77.3 Å². The molecule has 170 valence electrons. The quantitative estimate of drug-likeness (QED) is 0.444. The van der Waals surface area contributed by atoms with E-state index in [1.807, 2.05) is 13.8 Å². The van der Waals surface area contributed by atoms with Gasteiger partial charge in [0.15, 0.2) is 23.8 Å². The summed E-state index contributed by atoms with van der Waals surface area (Å²) >= 11 is 3.19. The van der Waals surface area contributed by atoms with Gasteiger partial charge >= 0.3 is 6.09 Å². The second-order valence-electron chi connectivity index (χ2n) is 7.86. The molecular weight excluding hydrogens is 462 g/mol. The number of hydrogen-bond donors (Lipinski definition) is 2. The lowest BCUT2D eigenvalue weighted by Crippen LogP contribution is -2.56. The molecule has 2 amide bonds. The third-order valence-corrected chi connectivity index (χ3v) is 6.20. The lowest BCUT2D eigenvalue weighted by atomic mass is 9.97. The molecule has 2 rings (SSSR count). The summed E-state index contributed by atoms with van der Waals surface area (Å²) in [5.74, 6) is -3.14. The Labute approximate surface area is 184 Å². The number of halogens is 1. The first kappa shape index (κ1) is 24.9. The van der Waals surface area contributed by atoms with Gasteiger partial charge in [-0.15, -0.1) is 0 Å². The Hall–Kier alpha value is -1.33. The monoisotopic (exact) mass is 491 g/mol. The van der Waals surface area contributed by atoms with Crippen LogP contribution in [0.4, 0.5) is 4.79 Å². The lowest BCUT2D eigenvalue weighted by Gasteiger charge is -2.38. The summed E-state index contributed by atoms with van der Waals surface area (Å²) < 4.78 is 16.1. The van der Waals surface area contributed by atoms with E-state index in [4.69, 9.17) is 19.3 Å². The van der Waals surface area contributed by atoms with Crippen LogP contribution in [0.3, 0.4) is 0 Å². The van der Waals surface area contributed by atoms with Gasteiger partial charge in [-0.3, -0.25) is 9.59 Å². The maximum atomic E-state index is 13.1. The number of imide groups is 1. The van der Waals surface area contributed by atoms with Crippen molar-refractivity contribution in [3.05, 3.63) is 10.6 Å². The van der Waals surface area contributed by atoms with E-state index < -0.39 is 41.8 Å². The molecule has 10 heteroatoms. The minimum atomic E-state index is -1.79. The van der Waals surface area contributed by atoms with Crippen molar-refractivity contribution in [1.82, 2.24) is 4.90 Å². The molecule has 0 spiro atoms. The van der Waals surface area contributed by atoms with E-state index in [-0.39, 0.29) is 30.0 Å². The summed E-state index contributed by atoms with van der Waals surface area (Å²) in [4.78, 5) is 38.8. The van der Waals surface area contributed by atoms with Crippen LogP contribution in [0.1, 0.15) is 46.0 Å². The number of amides is 2. The van der Waals surface area contributed by atoms with Gasteiger partial charge in [0.2, 0.25) is 0 Å². The normalized spacial score (nSPS) is 28.0. The molecule has 2 aliphatic heterocycles. The fourth-order valence-electron chi connectivity index (χ4n) is 3.53. The van der Waals surface area contributed by atoms with Gasteiger partial charge < -0.3 is 24.4 Å². The highest BCUT2D eigenvalue weighted by Gasteiger charge is 2.50. The topological polar surface area (TPSA) is 123 Å². The molecule has 0 bridgehead atoms. The van der Waals surface area contributed by atoms with E-state index in [9.17, 15) is 19.5 Å². The van der Waals surface area contributed by atoms with Crippen molar-refractivity contribution in [3.8, 4) is 0 Å². The summed E-state index contributed by atoms with van der Waals surface area (Å²) in [6, 6.07) is -0.478. The Balaban J connectivity index is 2.17. The van der Waals surface area contributed by atoms with Crippen LogP contribution >= 0.6 is 15.9 Å². The highest BCUT2D eigenvalue weighted by Crippen LogP contribution is 2.36. The van der Waals surface area contributed by atoms with Crippen molar-refractivity contribution in [1.29, 1.82) is 0 Å². The first-order chi connectivity index (χ1) is 14.2. The maximum Gasteiger partial charge on any atom is 0.417 e. The van der Waals surface area contributed by atoms with Crippen molar-refractivity contribution in [2.75, 3.05) is 20.3 Å². The Morgan fingerprint density at radius 1 is 1.33 bits per heavy atom. The van der Waals surface area contributed by atoms with E-state index in [0.717, 1.165) is 17.7 Å². The molecule has 0 aromatic carbocycles. The highest BCUT2D eigenvalue weighted by molar-refractivity contribution is 9.11. The average Bonchev–Trinajstić information content (AvgIpc) is 3.08. The molecule has 0 radical (unpaired) electrons. The predicted molar refractivity (Wildman–Crippen MR) is 110 cm³/mol. The van der Waals surface area contributed by atoms with E-state index in [1.165, 1.54) is 13.2 Å². The first-order valence-electron chi connectivity index (χ1n) is 10.1. The van der Waals surface area contributed by atoms with Crippen molar-refractivity contribution in [2.24, 2.45) is 5.92 Å². The number of ether oxygens (including phenoxy) is 3. The van der Waals surface area contributed by atoms with Gasteiger partial charge in [0.1, 0.15) is 6.61 Å². The van der Waals surface area contributed by atoms with Gasteiger partial charge in [-0.1, -0.05) is 26.7 Å². The Kier molecular flexibility index (Phi) is 8.98. The van der Waals surface area contributed by atoms with E-state index >= 15 is 0 Å². The van der Waals surface area contributed by atoms with Crippen LogP contribution in [0, 0.1) is 5.92 Å². The summed E-state index contributed by atoms with van der Waals surface area (Å²) in [6.07, 6.45) is 0.555. The number of carbonyl (C=O) groups excluding carboxylic acids is 3. The summed E-state index contributed by atoms with van der Waals surface area (Å²) in [6.45, 7) is 3.88. The standard InChI is InChI=1S/C20H30BrNO8/c1-12(2)13-11-29-19(26)22(13)18(25)17(28-3)16-14(24)10-15(21)20(27,30-16)8-6-4-5-7-9-23/h10,12-13,16-17,23,27H,4-9,11H2,1-3H3/t13-,16+,17+,20-/m0/s1. The van der Waals surface area contributed by atoms with E-state index in [0.29, 0.717) is 12.8 Å². The molecule has 2 heterocycles. The lowest BCUT2D eigenvalue weighted by molar-refractivity contribution is -0.227. The van der Waals surface area contributed by atoms with Gasteiger partial charge in [-0.2, -0.15) is 0 Å². The number of nitrogens with zero attached hydrogens (tertiary/aromatic N) is 1. The molecule has 2 N–H and O–H groups in total. The number of unbranched alkanes of at least 4 members (excludes halogenated alkanes) is 3. The van der Waals surface area contributed by atoms with Crippen LogP contribution in [0.25, 0.3) is 0 Å². The number of aliphatic hydroxyl groups is 2. The second kappa shape index (κ2) is 10.8. The van der Waals surface area contributed by atoms with Crippen molar-refractivity contribution in [2.45, 2.75) is 70.0 Å². The first-order valence-corrected chi connectivity index (χ1v) is 10.9. The maximum absolute atomic E-state index is 13.1. The SMILES string of the molecule is CO[C@@H](C(=O)N1C(=O)OC[C@H]1C(C)C)[C@@H]1O[C@@](O)(CCCCCCO)C(Br)=CC1=O. The largest absolute Gasteiger partial charge is 0.447 e. The zero-order valence-corrected chi connectivity index (χ0v) is 19.1. The predicted octanol–water partition coefficient (Wildman–Crippen LogP) is 1.88. The third-order valence-electron chi connectivity index (χ3n) is 5.35. The van der Waals surface area contributed by atoms with Gasteiger partial charge in [0.05, 0.1) is 10.5 Å². The molecule has 9 nitrogen and oxygen atoms in total. The number of ketones is 1. The molecule has 0 unspecified atom stereocenters. The summed E-state index contributed by atoms with van der Waals surface area (Å²) in [5, 5.41) is 19.8. The molecule has 30 heavy (non-hydrogen) atoms. The average molecular weight is 492 g/mol. The molecule has 0 aliphatic carbocycles. The number of hydrogen-bond acceptors (Lipinski definition) is 8. The number of carbonyl (C=O) groups is 3. The minimum Gasteiger partial charge on any atom is -0.447 e. The molecule has 0 saturated carbocycles. The fraction of sp³-hybridized carbons (Fsp3) is 0.750. The second-order valence-corrected chi connectivity index (χ2v) is 8.71. The molecule has 1 fully saturated rings. The minimum absolute atomic E-state index is 0.0502. The van der Waals surface area contributed by atoms with Crippen molar-refractivity contribution in [3.63, 3.8) is 0 Å². The molecule has 4 atom stereocenters. The number of cyclic esters (lactones) is 1. The summed E-state index contributed by atoms with van der Waals surface area (Å²) in [7, 11) is 1.24. The van der Waals surface area contributed by atoms with Gasteiger partial charge in [0, 0.05) is 20.1 Å². The van der Waals surface area contributed by atoms with Crippen molar-refractivity contribution >= 4 is 33.7 Å². The Bertz CT molecular complexity index is 682. The zero-order valence-electron chi connectivity index (χ0n) is 17.5. The summed E-state index contributed by atoms with van der Waals surface area (Å²) in [5.41, 5.74) is 0. The Morgan fingerprint density at radius 2 is 2.00 bits per heavy atom. The highest BCUT2D eigenvalue weighted by atomic mass is 79.9. The van der Waals surface area contributed by atoms with Crippen LogP contribution in [0.5, 0.6) is 0 Å². The van der Waals surface area contributed by atoms with Crippen LogP contribution < -0.4 is 0 Å². The number of methoxy groups -OCH3 is 1. The van der Waals surface area contributed by atoms with E-state index in [1.54, 1.807) is 0 Å². The van der Waals surface area contributed by atoms with Crippen LogP contribution in [0.15, 0.2) is 10.6 Å². The zero-order chi connectivity index (χ0) is 22.5.